The highest BCUT2D eigenvalue weighted by Crippen LogP contribution is 2.65. The normalized spacial score (nSPS) is 19.4. The summed E-state index contributed by atoms with van der Waals surface area (Å²) in [7, 11) is 4.97. The lowest BCUT2D eigenvalue weighted by atomic mass is 9.91. The van der Waals surface area contributed by atoms with Gasteiger partial charge in [0.15, 0.2) is 5.82 Å². The van der Waals surface area contributed by atoms with Gasteiger partial charge in [0.05, 0.1) is 37.9 Å². The Hall–Kier alpha value is -4.93. The Morgan fingerprint density at radius 3 is 2.76 bits per heavy atom. The second-order valence-corrected chi connectivity index (χ2v) is 9.61. The molecule has 11 nitrogen and oxygen atoms in total. The number of H-pyrrole nitrogens is 1. The standard InChI is InChI=1S/C27H24N8O3/c1-35-33-24(32-34-35)15-5-8-21(23(11-15)38-3)28-25-17-7-4-14(10-22(17)30-31-25)19-13-27(19)18-12-16(37-2)6-9-20(18)29-26(27)36/h4-12,19H,13H2,1-3H3,(H,29,36)(H2,28,30,31)/t19-,27-/m0/s1. The molecule has 7 rings (SSSR count). The van der Waals surface area contributed by atoms with Gasteiger partial charge in [0, 0.05) is 22.6 Å². The molecule has 5 aromatic rings. The molecule has 0 radical (unpaired) electrons. The Morgan fingerprint density at radius 2 is 1.97 bits per heavy atom. The maximum atomic E-state index is 13.0. The largest absolute Gasteiger partial charge is 0.497 e. The average Bonchev–Trinajstić information content (AvgIpc) is 3.17. The zero-order chi connectivity index (χ0) is 26.0. The fraction of sp³-hybridized carbons (Fsp3) is 0.222. The van der Waals surface area contributed by atoms with E-state index in [-0.39, 0.29) is 11.8 Å². The summed E-state index contributed by atoms with van der Waals surface area (Å²) in [5.41, 5.74) is 4.85. The smallest absolute Gasteiger partial charge is 0.235 e. The van der Waals surface area contributed by atoms with Gasteiger partial charge in [-0.1, -0.05) is 6.07 Å². The van der Waals surface area contributed by atoms with Gasteiger partial charge in [-0.25, -0.2) is 0 Å². The lowest BCUT2D eigenvalue weighted by Gasteiger charge is -2.11. The lowest BCUT2D eigenvalue weighted by Crippen LogP contribution is -2.21. The number of anilines is 3. The van der Waals surface area contributed by atoms with Crippen molar-refractivity contribution < 1.29 is 14.3 Å². The predicted octanol–water partition coefficient (Wildman–Crippen LogP) is 3.89. The first-order valence-electron chi connectivity index (χ1n) is 12.2. The van der Waals surface area contributed by atoms with E-state index in [9.17, 15) is 4.79 Å². The van der Waals surface area contributed by atoms with Gasteiger partial charge in [0.1, 0.15) is 11.5 Å². The summed E-state index contributed by atoms with van der Waals surface area (Å²) in [4.78, 5) is 14.5. The average molecular weight is 509 g/mol. The van der Waals surface area contributed by atoms with Crippen LogP contribution in [0, 0.1) is 0 Å². The third-order valence-electron chi connectivity index (χ3n) is 7.53. The number of hydrogen-bond acceptors (Lipinski definition) is 8. The SMILES string of the molecule is COc1ccc2c(c1)[C@]1(C[C@H]1c1ccc3c(Nc4ccc(-c5nnn(C)n5)cc4OC)n[nH]c3c1)C(=O)N2. The molecule has 1 amide bonds. The molecule has 0 saturated heterocycles. The summed E-state index contributed by atoms with van der Waals surface area (Å²) in [6, 6.07) is 17.6. The minimum Gasteiger partial charge on any atom is -0.497 e. The first kappa shape index (κ1) is 22.3. The summed E-state index contributed by atoms with van der Waals surface area (Å²) in [6.45, 7) is 0. The van der Waals surface area contributed by atoms with E-state index >= 15 is 0 Å². The van der Waals surface area contributed by atoms with Crippen molar-refractivity contribution in [2.24, 2.45) is 7.05 Å². The number of tetrazole rings is 1. The second-order valence-electron chi connectivity index (χ2n) is 9.61. The van der Waals surface area contributed by atoms with Crippen molar-refractivity contribution in [1.29, 1.82) is 0 Å². The molecule has 2 atom stereocenters. The molecule has 3 N–H and O–H groups in total. The van der Waals surface area contributed by atoms with Crippen LogP contribution in [-0.2, 0) is 17.3 Å². The van der Waals surface area contributed by atoms with E-state index in [0.29, 0.717) is 17.4 Å². The van der Waals surface area contributed by atoms with Crippen LogP contribution in [-0.4, -0.2) is 50.5 Å². The van der Waals surface area contributed by atoms with Crippen LogP contribution >= 0.6 is 0 Å². The number of ether oxygens (including phenoxy) is 2. The molecule has 0 bridgehead atoms. The molecule has 1 fully saturated rings. The molecule has 3 aromatic carbocycles. The third-order valence-corrected chi connectivity index (χ3v) is 7.53. The van der Waals surface area contributed by atoms with E-state index in [1.165, 1.54) is 4.80 Å². The van der Waals surface area contributed by atoms with Crippen LogP contribution < -0.4 is 20.1 Å². The van der Waals surface area contributed by atoms with Crippen molar-refractivity contribution in [3.8, 4) is 22.9 Å². The van der Waals surface area contributed by atoms with Crippen LogP contribution in [0.2, 0.25) is 0 Å². The molecule has 1 spiro atoms. The first-order valence-corrected chi connectivity index (χ1v) is 12.2. The monoisotopic (exact) mass is 508 g/mol. The zero-order valence-corrected chi connectivity index (χ0v) is 20.9. The quantitative estimate of drug-likeness (QED) is 0.315. The van der Waals surface area contributed by atoms with Gasteiger partial charge in [0.2, 0.25) is 11.7 Å². The van der Waals surface area contributed by atoms with Crippen molar-refractivity contribution in [2.45, 2.75) is 17.8 Å². The topological polar surface area (TPSA) is 132 Å². The van der Waals surface area contributed by atoms with Gasteiger partial charge in [-0.3, -0.25) is 9.89 Å². The molecule has 2 aliphatic rings. The van der Waals surface area contributed by atoms with Crippen LogP contribution in [0.25, 0.3) is 22.3 Å². The second kappa shape index (κ2) is 8.04. The predicted molar refractivity (Wildman–Crippen MR) is 141 cm³/mol. The van der Waals surface area contributed by atoms with Crippen LogP contribution in [0.15, 0.2) is 54.6 Å². The van der Waals surface area contributed by atoms with Crippen LogP contribution in [0.4, 0.5) is 17.2 Å². The lowest BCUT2D eigenvalue weighted by molar-refractivity contribution is -0.118. The van der Waals surface area contributed by atoms with Gasteiger partial charge >= 0.3 is 0 Å². The number of methoxy groups -OCH3 is 2. The van der Waals surface area contributed by atoms with E-state index in [1.807, 2.05) is 42.5 Å². The number of fused-ring (bicyclic) bond motifs is 3. The Bertz CT molecular complexity index is 1740. The van der Waals surface area contributed by atoms with Crippen LogP contribution in [0.3, 0.4) is 0 Å². The highest BCUT2D eigenvalue weighted by molar-refractivity contribution is 6.10. The highest BCUT2D eigenvalue weighted by atomic mass is 16.5. The molecule has 2 aromatic heterocycles. The maximum absolute atomic E-state index is 13.0. The van der Waals surface area contributed by atoms with Gasteiger partial charge in [-0.15, -0.1) is 10.2 Å². The van der Waals surface area contributed by atoms with Gasteiger partial charge < -0.3 is 20.1 Å². The molecule has 3 heterocycles. The van der Waals surface area contributed by atoms with E-state index in [2.05, 4.69) is 48.4 Å². The summed E-state index contributed by atoms with van der Waals surface area (Å²) < 4.78 is 11.0. The number of aromatic nitrogens is 6. The number of aromatic amines is 1. The van der Waals surface area contributed by atoms with Crippen molar-refractivity contribution in [3.05, 3.63) is 65.7 Å². The number of carbonyl (C=O) groups excluding carboxylic acids is 1. The Kier molecular flexibility index (Phi) is 4.71. The van der Waals surface area contributed by atoms with Crippen LogP contribution in [0.1, 0.15) is 23.5 Å². The van der Waals surface area contributed by atoms with E-state index in [1.54, 1.807) is 21.3 Å². The molecule has 1 aliphatic heterocycles. The number of amides is 1. The molecule has 1 aliphatic carbocycles. The first-order chi connectivity index (χ1) is 18.5. The van der Waals surface area contributed by atoms with Crippen molar-refractivity contribution in [3.63, 3.8) is 0 Å². The van der Waals surface area contributed by atoms with Gasteiger partial charge in [-0.05, 0) is 71.3 Å². The maximum Gasteiger partial charge on any atom is 0.235 e. The molecule has 38 heavy (non-hydrogen) atoms. The molecule has 190 valence electrons. The van der Waals surface area contributed by atoms with Gasteiger partial charge in [0.25, 0.3) is 0 Å². The number of rotatable bonds is 6. The minimum atomic E-state index is -0.550. The number of nitrogens with zero attached hydrogens (tertiary/aromatic N) is 5. The fourth-order valence-electron chi connectivity index (χ4n) is 5.51. The number of aryl methyl sites for hydroxylation is 1. The minimum absolute atomic E-state index is 0.0463. The van der Waals surface area contributed by atoms with E-state index in [0.717, 1.165) is 51.1 Å². The van der Waals surface area contributed by atoms with E-state index < -0.39 is 5.41 Å². The molecule has 11 heteroatoms. The van der Waals surface area contributed by atoms with Crippen molar-refractivity contribution in [1.82, 2.24) is 30.4 Å². The Morgan fingerprint density at radius 1 is 1.08 bits per heavy atom. The number of nitrogens with one attached hydrogen (secondary N) is 3. The zero-order valence-electron chi connectivity index (χ0n) is 20.9. The summed E-state index contributed by atoms with van der Waals surface area (Å²) in [5.74, 6) is 2.71. The summed E-state index contributed by atoms with van der Waals surface area (Å²) >= 11 is 0. The summed E-state index contributed by atoms with van der Waals surface area (Å²) in [6.07, 6.45) is 0.758. The molecular formula is C27H24N8O3. The molecular weight excluding hydrogens is 484 g/mol. The number of benzene rings is 3. The highest BCUT2D eigenvalue weighted by Gasteiger charge is 2.65. The Labute approximate surface area is 217 Å². The summed E-state index contributed by atoms with van der Waals surface area (Å²) in [5, 5.41) is 27.2. The number of carbonyl (C=O) groups is 1. The van der Waals surface area contributed by atoms with Crippen LogP contribution in [0.5, 0.6) is 11.5 Å². The Balaban J connectivity index is 1.17. The van der Waals surface area contributed by atoms with E-state index in [4.69, 9.17) is 9.47 Å². The van der Waals surface area contributed by atoms with Crippen molar-refractivity contribution >= 4 is 34.0 Å². The number of hydrogen-bond donors (Lipinski definition) is 3. The van der Waals surface area contributed by atoms with Gasteiger partial charge in [-0.2, -0.15) is 9.90 Å². The molecule has 1 saturated carbocycles. The third kappa shape index (κ3) is 3.24. The fourth-order valence-corrected chi connectivity index (χ4v) is 5.51. The molecule has 0 unspecified atom stereocenters. The van der Waals surface area contributed by atoms with Crippen molar-refractivity contribution in [2.75, 3.05) is 24.9 Å².